The third-order valence-electron chi connectivity index (χ3n) is 12.7. The fourth-order valence-electron chi connectivity index (χ4n) is 8.26. The molecule has 0 unspecified atom stereocenters. The Hall–Kier alpha value is -0.437. The van der Waals surface area contributed by atoms with Gasteiger partial charge < -0.3 is 26.4 Å². The summed E-state index contributed by atoms with van der Waals surface area (Å²) in [4.78, 5) is 46.6. The first-order chi connectivity index (χ1) is 38.8. The number of carbonyl (C=O) groups is 4. The monoisotopic (exact) mass is 1560 g/mol. The molecule has 23 heteroatoms. The van der Waals surface area contributed by atoms with Crippen LogP contribution in [0, 0.1) is 29.1 Å². The molecule has 0 amide bonds. The van der Waals surface area contributed by atoms with Crippen LogP contribution in [0.3, 0.4) is 0 Å². The van der Waals surface area contributed by atoms with Gasteiger partial charge in [-0.1, -0.05) is 97.4 Å². The van der Waals surface area contributed by atoms with Gasteiger partial charge in [-0.3, -0.25) is 46.4 Å². The predicted molar refractivity (Wildman–Crippen MR) is 359 cm³/mol. The van der Waals surface area contributed by atoms with Crippen molar-refractivity contribution in [3.05, 3.63) is 80.3 Å². The van der Waals surface area contributed by atoms with Crippen molar-refractivity contribution in [3.8, 4) is 0 Å². The van der Waals surface area contributed by atoms with Gasteiger partial charge in [0.1, 0.15) is 0 Å². The molecule has 3 aliphatic carbocycles. The van der Waals surface area contributed by atoms with Crippen molar-refractivity contribution < 1.29 is 78.9 Å². The summed E-state index contributed by atoms with van der Waals surface area (Å²) >= 11 is 8.08. The van der Waals surface area contributed by atoms with Crippen LogP contribution in [0.2, 0.25) is 0 Å². The minimum absolute atomic E-state index is 0. The molecular weight excluding hydrogens is 1460 g/mol. The summed E-state index contributed by atoms with van der Waals surface area (Å²) in [6.07, 6.45) is 32.4. The molecule has 0 aliphatic heterocycles. The van der Waals surface area contributed by atoms with Crippen molar-refractivity contribution >= 4 is 119 Å². The second kappa shape index (κ2) is 46.6. The number of allylic oxidation sites excluding steroid dienone is 5. The average molecular weight is 1570 g/mol. The zero-order valence-corrected chi connectivity index (χ0v) is 63.4. The van der Waals surface area contributed by atoms with Crippen LogP contribution in [-0.4, -0.2) is 101 Å². The first-order valence-electron chi connectivity index (χ1n) is 28.6. The van der Waals surface area contributed by atoms with Gasteiger partial charge in [0, 0.05) is 23.9 Å². The van der Waals surface area contributed by atoms with Crippen LogP contribution in [0.5, 0.6) is 0 Å². The number of benzene rings is 1. The molecule has 1 aromatic carbocycles. The zero-order valence-electron chi connectivity index (χ0n) is 52.6. The Morgan fingerprint density at radius 2 is 0.786 bits per heavy atom. The number of halogens is 5. The summed E-state index contributed by atoms with van der Waals surface area (Å²) in [6.45, 7) is 21.6. The molecule has 3 aliphatic rings. The minimum atomic E-state index is -3.63. The van der Waals surface area contributed by atoms with E-state index >= 15 is 0 Å². The molecule has 14 nitrogen and oxygen atoms in total. The fourth-order valence-corrected chi connectivity index (χ4v) is 18.3. The van der Waals surface area contributed by atoms with Gasteiger partial charge in [0.25, 0.3) is 0 Å². The maximum atomic E-state index is 12.7. The SMILES string of the molecule is BrC/C=C\CBr.C1CCC([PH+](C2CCCCC2)C2CCCCC2)CC1.C=CCP(=O)(OCOC(=O)C(C)(C)C)OCOC(=O)C(C)(C)C.CC(C)(C)C(=O)OCOP(=O)(C/C=C/CBr)OCOC(=O)C(C)(C)C.[CH3-].[Cl][Ru]([Cl])=[CH]c1ccccc1. The Balaban J connectivity index is 0. The second-order valence-electron chi connectivity index (χ2n) is 24.2. The number of carbonyl (C=O) groups excluding carboxylic acids is 4. The Morgan fingerprint density at radius 3 is 1.04 bits per heavy atom. The molecule has 0 aromatic heterocycles. The predicted octanol–water partition coefficient (Wildman–Crippen LogP) is 19.5. The van der Waals surface area contributed by atoms with Crippen LogP contribution in [-0.2, 0) is 78.9 Å². The molecule has 0 spiro atoms. The van der Waals surface area contributed by atoms with Crippen LogP contribution in [0.4, 0.5) is 0 Å². The summed E-state index contributed by atoms with van der Waals surface area (Å²) in [5.41, 5.74) is 1.99. The van der Waals surface area contributed by atoms with Gasteiger partial charge in [-0.15, -0.1) is 6.58 Å². The van der Waals surface area contributed by atoms with Crippen molar-refractivity contribution in [3.63, 3.8) is 0 Å². The van der Waals surface area contributed by atoms with E-state index < -0.39 is 101 Å². The van der Waals surface area contributed by atoms with Gasteiger partial charge in [-0.2, -0.15) is 0 Å². The molecule has 0 atom stereocenters. The molecule has 3 saturated carbocycles. The van der Waals surface area contributed by atoms with E-state index in [2.05, 4.69) is 66.5 Å². The van der Waals surface area contributed by atoms with Crippen molar-refractivity contribution in [1.29, 1.82) is 0 Å². The fraction of sp³-hybridized carbons (Fsp3) is 0.705. The molecule has 490 valence electrons. The van der Waals surface area contributed by atoms with Crippen molar-refractivity contribution in [1.82, 2.24) is 0 Å². The molecule has 3 fully saturated rings. The van der Waals surface area contributed by atoms with E-state index in [1.807, 2.05) is 34.9 Å². The maximum absolute atomic E-state index is 12.7. The summed E-state index contributed by atoms with van der Waals surface area (Å²) in [6, 6.07) is 9.89. The first-order valence-corrected chi connectivity index (χ1v) is 42.6. The molecule has 1 aromatic rings. The zero-order chi connectivity index (χ0) is 63.2. The van der Waals surface area contributed by atoms with Gasteiger partial charge >= 0.3 is 112 Å². The topological polar surface area (TPSA) is 176 Å². The molecule has 4 rings (SSSR count). The van der Waals surface area contributed by atoms with Crippen LogP contribution >= 0.6 is 90.3 Å². The van der Waals surface area contributed by atoms with Gasteiger partial charge in [-0.25, -0.2) is 0 Å². The number of alkyl halides is 3. The Labute approximate surface area is 547 Å². The summed E-state index contributed by atoms with van der Waals surface area (Å²) < 4.78 is 66.9. The molecule has 0 heterocycles. The third-order valence-corrected chi connectivity index (χ3v) is 23.6. The number of esters is 4. The van der Waals surface area contributed by atoms with Gasteiger partial charge in [0.05, 0.1) is 51.0 Å². The van der Waals surface area contributed by atoms with Crippen molar-refractivity contribution in [2.24, 2.45) is 21.7 Å². The number of hydrogen-bond donors (Lipinski definition) is 0. The van der Waals surface area contributed by atoms with Crippen LogP contribution in [0.1, 0.15) is 185 Å². The second-order valence-corrected chi connectivity index (χ2v) is 39.5. The van der Waals surface area contributed by atoms with Crippen molar-refractivity contribution in [2.75, 3.05) is 55.5 Å². The van der Waals surface area contributed by atoms with E-state index in [1.54, 1.807) is 192 Å². The van der Waals surface area contributed by atoms with E-state index in [-0.39, 0.29) is 27.7 Å². The molecule has 0 saturated heterocycles. The van der Waals surface area contributed by atoms with E-state index in [1.165, 1.54) is 23.1 Å². The van der Waals surface area contributed by atoms with Gasteiger partial charge in [0.15, 0.2) is 0 Å². The first kappa shape index (κ1) is 85.6. The van der Waals surface area contributed by atoms with Crippen LogP contribution in [0.25, 0.3) is 0 Å². The number of ether oxygens (including phenoxy) is 4. The summed E-state index contributed by atoms with van der Waals surface area (Å²) in [7, 11) is 4.05. The molecule has 0 radical (unpaired) electrons. The molecule has 0 N–H and O–H groups in total. The molecule has 0 bridgehead atoms. The van der Waals surface area contributed by atoms with E-state index in [0.717, 1.165) is 16.2 Å². The average Bonchev–Trinajstić information content (AvgIpc) is 3.47. The Morgan fingerprint density at radius 1 is 0.512 bits per heavy atom. The van der Waals surface area contributed by atoms with E-state index in [0.29, 0.717) is 5.33 Å². The summed E-state index contributed by atoms with van der Waals surface area (Å²) in [5.74, 6) is -1.98. The number of rotatable bonds is 23. The van der Waals surface area contributed by atoms with Gasteiger partial charge in [-0.05, 0) is 160 Å². The summed E-state index contributed by atoms with van der Waals surface area (Å²) in [5, 5.41) is 2.49. The van der Waals surface area contributed by atoms with Crippen molar-refractivity contribution in [2.45, 2.75) is 196 Å². The van der Waals surface area contributed by atoms with E-state index in [4.69, 9.17) is 56.4 Å². The quantitative estimate of drug-likeness (QED) is 0.0148. The number of hydrogen-bond acceptors (Lipinski definition) is 14. The third kappa shape index (κ3) is 41.8. The van der Waals surface area contributed by atoms with Crippen LogP contribution in [0.15, 0.2) is 67.3 Å². The molecule has 84 heavy (non-hydrogen) atoms. The Bertz CT molecular complexity index is 2060. The van der Waals surface area contributed by atoms with Crippen LogP contribution < -0.4 is 0 Å². The van der Waals surface area contributed by atoms with Gasteiger partial charge in [0.2, 0.25) is 27.2 Å². The normalized spacial score (nSPS) is 15.9. The standard InChI is InChI=1S/C18H33P.C16H28BrO7P.C15H27O7P.C7H6.C4H6Br2.CH3.2ClH.Ru/c1-4-10-16(11-5-1)19(17-12-6-2-7-13-17)18-14-8-3-9-15-18;1-15(2,3)13(18)21-11-23-25(20,10-8-7-9-17)24-12-22-14(19)16(4,5)6;1-8-9-23(18,21-10-19-12(16)14(2,3)4)22-11-20-13(17)15(5,6)7;1-7-5-3-2-4-6-7;5-3-1-2-4-6;;;;/h16-18H,1-15H2;7-8H,9-12H2,1-6H3;8H,1,9-11H2,2-7H3;1-6H;1-2H,3-4H2;1H3;2*1H;/q;;;;;-1;;;+2/p-1/b;8-7+;;;2-1-;;;;. The van der Waals surface area contributed by atoms with E-state index in [9.17, 15) is 28.3 Å². The molecular formula is C61H104Br3Cl2O14P3Ru. The Kier molecular flexibility index (Phi) is 47.5.